The fourth-order valence-electron chi connectivity index (χ4n) is 1.63. The van der Waals surface area contributed by atoms with Crippen molar-refractivity contribution in [2.24, 2.45) is 5.92 Å². The molecule has 2 N–H and O–H groups in total. The van der Waals surface area contributed by atoms with E-state index in [1.165, 1.54) is 5.56 Å². The first-order valence-electron chi connectivity index (χ1n) is 7.30. The van der Waals surface area contributed by atoms with Crippen LogP contribution in [0.4, 0.5) is 0 Å². The van der Waals surface area contributed by atoms with Gasteiger partial charge in [0.05, 0.1) is 6.61 Å². The molecule has 0 saturated heterocycles. The maximum atomic E-state index is 11.5. The molecule has 0 spiro atoms. The average molecular weight is 294 g/mol. The van der Waals surface area contributed by atoms with Crippen molar-refractivity contribution in [3.63, 3.8) is 0 Å². The lowest BCUT2D eigenvalue weighted by Gasteiger charge is -2.10. The van der Waals surface area contributed by atoms with Crippen LogP contribution in [0.25, 0.3) is 0 Å². The van der Waals surface area contributed by atoms with Crippen LogP contribution in [-0.2, 0) is 16.1 Å². The van der Waals surface area contributed by atoms with E-state index >= 15 is 0 Å². The summed E-state index contributed by atoms with van der Waals surface area (Å²) in [6, 6.07) is 7.73. The van der Waals surface area contributed by atoms with Gasteiger partial charge in [-0.3, -0.25) is 4.79 Å². The highest BCUT2D eigenvalue weighted by molar-refractivity contribution is 5.77. The fourth-order valence-corrected chi connectivity index (χ4v) is 1.63. The molecule has 0 unspecified atom stereocenters. The topological polar surface area (TPSA) is 59.6 Å². The summed E-state index contributed by atoms with van der Waals surface area (Å²) in [6.45, 7) is 7.16. The minimum absolute atomic E-state index is 0.0537. The van der Waals surface area contributed by atoms with Gasteiger partial charge in [0.2, 0.25) is 0 Å². The lowest BCUT2D eigenvalue weighted by atomic mass is 10.2. The SMILES string of the molecule is COCCNCc1ccc(OCC(=O)NCC(C)C)cc1. The van der Waals surface area contributed by atoms with Gasteiger partial charge in [0.15, 0.2) is 6.61 Å². The molecular weight excluding hydrogens is 268 g/mol. The molecule has 0 fully saturated rings. The quantitative estimate of drug-likeness (QED) is 0.643. The van der Waals surface area contributed by atoms with Crippen LogP contribution in [0, 0.1) is 5.92 Å². The number of carbonyl (C=O) groups is 1. The first-order chi connectivity index (χ1) is 10.1. The van der Waals surface area contributed by atoms with Gasteiger partial charge in [-0.05, 0) is 23.6 Å². The fraction of sp³-hybridized carbons (Fsp3) is 0.562. The standard InChI is InChI=1S/C16H26N2O3/c1-13(2)10-18-16(19)12-21-15-6-4-14(5-7-15)11-17-8-9-20-3/h4-7,13,17H,8-12H2,1-3H3,(H,18,19). The monoisotopic (exact) mass is 294 g/mol. The van der Waals surface area contributed by atoms with E-state index in [2.05, 4.69) is 24.5 Å². The number of carbonyl (C=O) groups excluding carboxylic acids is 1. The summed E-state index contributed by atoms with van der Waals surface area (Å²) in [5.41, 5.74) is 1.17. The number of benzene rings is 1. The van der Waals surface area contributed by atoms with Crippen LogP contribution in [0.15, 0.2) is 24.3 Å². The van der Waals surface area contributed by atoms with Crippen LogP contribution < -0.4 is 15.4 Å². The molecule has 1 aromatic rings. The summed E-state index contributed by atoms with van der Waals surface area (Å²) >= 11 is 0. The molecular formula is C16H26N2O3. The summed E-state index contributed by atoms with van der Waals surface area (Å²) in [6.07, 6.45) is 0. The Balaban J connectivity index is 2.25. The Kier molecular flexibility index (Phi) is 8.47. The Morgan fingerprint density at radius 3 is 2.57 bits per heavy atom. The summed E-state index contributed by atoms with van der Waals surface area (Å²) < 4.78 is 10.4. The molecule has 0 aromatic heterocycles. The predicted octanol–water partition coefficient (Wildman–Crippen LogP) is 1.57. The lowest BCUT2D eigenvalue weighted by molar-refractivity contribution is -0.123. The highest BCUT2D eigenvalue weighted by Gasteiger charge is 2.03. The van der Waals surface area contributed by atoms with E-state index in [9.17, 15) is 4.79 Å². The zero-order valence-corrected chi connectivity index (χ0v) is 13.1. The molecule has 5 nitrogen and oxygen atoms in total. The van der Waals surface area contributed by atoms with Crippen molar-refractivity contribution in [1.82, 2.24) is 10.6 Å². The number of methoxy groups -OCH3 is 1. The van der Waals surface area contributed by atoms with Crippen LogP contribution in [0.3, 0.4) is 0 Å². The molecule has 5 heteroatoms. The first-order valence-corrected chi connectivity index (χ1v) is 7.30. The molecule has 0 aliphatic carbocycles. The lowest BCUT2D eigenvalue weighted by Crippen LogP contribution is -2.31. The van der Waals surface area contributed by atoms with E-state index in [1.807, 2.05) is 24.3 Å². The number of ether oxygens (including phenoxy) is 2. The first kappa shape index (κ1) is 17.5. The van der Waals surface area contributed by atoms with Crippen molar-refractivity contribution in [2.45, 2.75) is 20.4 Å². The van der Waals surface area contributed by atoms with Crippen LogP contribution >= 0.6 is 0 Å². The van der Waals surface area contributed by atoms with E-state index < -0.39 is 0 Å². The molecule has 0 atom stereocenters. The van der Waals surface area contributed by atoms with E-state index in [1.54, 1.807) is 7.11 Å². The van der Waals surface area contributed by atoms with Gasteiger partial charge in [0.1, 0.15) is 5.75 Å². The molecule has 1 amide bonds. The second-order valence-corrected chi connectivity index (χ2v) is 5.30. The van der Waals surface area contributed by atoms with Gasteiger partial charge in [0.25, 0.3) is 5.91 Å². The summed E-state index contributed by atoms with van der Waals surface area (Å²) in [7, 11) is 1.69. The van der Waals surface area contributed by atoms with Gasteiger partial charge in [-0.15, -0.1) is 0 Å². The van der Waals surface area contributed by atoms with Gasteiger partial charge in [-0.2, -0.15) is 0 Å². The second-order valence-electron chi connectivity index (χ2n) is 5.30. The molecule has 0 heterocycles. The summed E-state index contributed by atoms with van der Waals surface area (Å²) in [5, 5.41) is 6.09. The van der Waals surface area contributed by atoms with Gasteiger partial charge >= 0.3 is 0 Å². The molecule has 0 aliphatic heterocycles. The second kappa shape index (κ2) is 10.2. The van der Waals surface area contributed by atoms with Gasteiger partial charge in [-0.25, -0.2) is 0 Å². The van der Waals surface area contributed by atoms with Crippen LogP contribution in [0.5, 0.6) is 5.75 Å². The van der Waals surface area contributed by atoms with Crippen LogP contribution in [0.2, 0.25) is 0 Å². The Morgan fingerprint density at radius 1 is 1.24 bits per heavy atom. The average Bonchev–Trinajstić information content (AvgIpc) is 2.48. The van der Waals surface area contributed by atoms with Crippen molar-refractivity contribution in [2.75, 3.05) is 33.4 Å². The summed E-state index contributed by atoms with van der Waals surface area (Å²) in [5.74, 6) is 1.06. The van der Waals surface area contributed by atoms with Crippen molar-refractivity contribution in [3.8, 4) is 5.75 Å². The molecule has 118 valence electrons. The molecule has 0 aliphatic rings. The molecule has 0 bridgehead atoms. The normalized spacial score (nSPS) is 10.7. The molecule has 0 radical (unpaired) electrons. The third-order valence-electron chi connectivity index (χ3n) is 2.81. The maximum absolute atomic E-state index is 11.5. The van der Waals surface area contributed by atoms with Crippen molar-refractivity contribution >= 4 is 5.91 Å². The van der Waals surface area contributed by atoms with Gasteiger partial charge in [0, 0.05) is 26.7 Å². The number of hydrogen-bond donors (Lipinski definition) is 2. The Morgan fingerprint density at radius 2 is 1.95 bits per heavy atom. The molecule has 0 saturated carbocycles. The van der Waals surface area contributed by atoms with Crippen molar-refractivity contribution < 1.29 is 14.3 Å². The zero-order valence-electron chi connectivity index (χ0n) is 13.1. The van der Waals surface area contributed by atoms with E-state index in [0.717, 1.165) is 13.1 Å². The smallest absolute Gasteiger partial charge is 0.257 e. The third kappa shape index (κ3) is 8.32. The van der Waals surface area contributed by atoms with Gasteiger partial charge in [-0.1, -0.05) is 26.0 Å². The number of hydrogen-bond acceptors (Lipinski definition) is 4. The van der Waals surface area contributed by atoms with Gasteiger partial charge < -0.3 is 20.1 Å². The molecule has 1 aromatic carbocycles. The minimum atomic E-state index is -0.0889. The largest absolute Gasteiger partial charge is 0.484 e. The Bertz CT molecular complexity index is 404. The number of nitrogens with one attached hydrogen (secondary N) is 2. The van der Waals surface area contributed by atoms with Crippen molar-refractivity contribution in [1.29, 1.82) is 0 Å². The number of rotatable bonds is 10. The third-order valence-corrected chi connectivity index (χ3v) is 2.81. The minimum Gasteiger partial charge on any atom is -0.484 e. The van der Waals surface area contributed by atoms with Crippen molar-refractivity contribution in [3.05, 3.63) is 29.8 Å². The molecule has 1 rings (SSSR count). The highest BCUT2D eigenvalue weighted by atomic mass is 16.5. The molecule has 21 heavy (non-hydrogen) atoms. The summed E-state index contributed by atoms with van der Waals surface area (Å²) in [4.78, 5) is 11.5. The zero-order chi connectivity index (χ0) is 15.5. The van der Waals surface area contributed by atoms with Crippen LogP contribution in [0.1, 0.15) is 19.4 Å². The van der Waals surface area contributed by atoms with Crippen LogP contribution in [-0.4, -0.2) is 39.3 Å². The predicted molar refractivity (Wildman–Crippen MR) is 83.4 cm³/mol. The number of amides is 1. The van der Waals surface area contributed by atoms with E-state index in [-0.39, 0.29) is 12.5 Å². The van der Waals surface area contributed by atoms with E-state index in [0.29, 0.717) is 24.8 Å². The highest BCUT2D eigenvalue weighted by Crippen LogP contribution is 2.11. The Hall–Kier alpha value is -1.59. The van der Waals surface area contributed by atoms with E-state index in [4.69, 9.17) is 9.47 Å². The maximum Gasteiger partial charge on any atom is 0.257 e. The Labute approximate surface area is 127 Å².